The Morgan fingerprint density at radius 2 is 2.19 bits per heavy atom. The Morgan fingerprint density at radius 3 is 2.93 bits per heavy atom. The van der Waals surface area contributed by atoms with Gasteiger partial charge < -0.3 is 9.72 Å². The molecule has 3 aromatic rings. The summed E-state index contributed by atoms with van der Waals surface area (Å²) < 4.78 is 3.75. The van der Waals surface area contributed by atoms with E-state index in [4.69, 9.17) is 11.6 Å². The molecule has 3 rings (SSSR count). The molecule has 0 unspecified atom stereocenters. The van der Waals surface area contributed by atoms with Crippen LogP contribution in [0, 0.1) is 13.8 Å². The van der Waals surface area contributed by atoms with Gasteiger partial charge in [-0.2, -0.15) is 5.10 Å². The van der Waals surface area contributed by atoms with Crippen LogP contribution in [0.1, 0.15) is 42.3 Å². The number of fused-ring (bicyclic) bond motifs is 1. The first-order chi connectivity index (χ1) is 13.0. The third kappa shape index (κ3) is 4.39. The van der Waals surface area contributed by atoms with Gasteiger partial charge in [0, 0.05) is 30.6 Å². The summed E-state index contributed by atoms with van der Waals surface area (Å²) in [5, 5.41) is 7.87. The molecule has 0 spiro atoms. The van der Waals surface area contributed by atoms with Gasteiger partial charge in [0.1, 0.15) is 10.8 Å². The molecular formula is C20H24ClN5O. The van der Waals surface area contributed by atoms with E-state index in [2.05, 4.69) is 22.3 Å². The van der Waals surface area contributed by atoms with Crippen molar-refractivity contribution in [3.63, 3.8) is 0 Å². The van der Waals surface area contributed by atoms with Gasteiger partial charge in [0.25, 0.3) is 0 Å². The lowest BCUT2D eigenvalue weighted by atomic mass is 10.2. The summed E-state index contributed by atoms with van der Waals surface area (Å²) in [6.07, 6.45) is 9.17. The number of aryl methyl sites for hydroxylation is 3. The van der Waals surface area contributed by atoms with Crippen molar-refractivity contribution in [2.24, 2.45) is 0 Å². The summed E-state index contributed by atoms with van der Waals surface area (Å²) in [7, 11) is 0. The lowest BCUT2D eigenvalue weighted by Gasteiger charge is -2.01. The van der Waals surface area contributed by atoms with E-state index in [9.17, 15) is 4.79 Å². The summed E-state index contributed by atoms with van der Waals surface area (Å²) in [6, 6.07) is 3.99. The van der Waals surface area contributed by atoms with Gasteiger partial charge >= 0.3 is 0 Å². The van der Waals surface area contributed by atoms with Crippen molar-refractivity contribution in [3.05, 3.63) is 58.3 Å². The Morgan fingerprint density at radius 1 is 1.37 bits per heavy atom. The van der Waals surface area contributed by atoms with Crippen molar-refractivity contribution in [2.45, 2.75) is 46.7 Å². The molecule has 0 saturated heterocycles. The molecule has 0 atom stereocenters. The second-order valence-electron chi connectivity index (χ2n) is 6.57. The van der Waals surface area contributed by atoms with E-state index in [0.29, 0.717) is 11.7 Å². The van der Waals surface area contributed by atoms with Gasteiger partial charge in [0.2, 0.25) is 5.91 Å². The second kappa shape index (κ2) is 8.39. The Labute approximate surface area is 163 Å². The zero-order valence-corrected chi connectivity index (χ0v) is 16.6. The summed E-state index contributed by atoms with van der Waals surface area (Å²) in [4.78, 5) is 16.7. The average molecular weight is 386 g/mol. The number of nitrogens with zero attached hydrogens (tertiary/aromatic N) is 4. The molecule has 0 fully saturated rings. The van der Waals surface area contributed by atoms with Gasteiger partial charge in [-0.1, -0.05) is 31.0 Å². The topological polar surface area (TPSA) is 64.2 Å². The summed E-state index contributed by atoms with van der Waals surface area (Å²) in [6.45, 7) is 7.18. The number of halogens is 1. The fraction of sp³-hybridized carbons (Fsp3) is 0.350. The highest BCUT2D eigenvalue weighted by Crippen LogP contribution is 2.21. The van der Waals surface area contributed by atoms with Gasteiger partial charge in [0.15, 0.2) is 0 Å². The van der Waals surface area contributed by atoms with Crippen LogP contribution in [0.25, 0.3) is 11.7 Å². The average Bonchev–Trinajstić information content (AvgIpc) is 3.18. The summed E-state index contributed by atoms with van der Waals surface area (Å²) in [5.41, 5.74) is 4.41. The molecule has 0 bridgehead atoms. The normalized spacial score (nSPS) is 11.6. The SMILES string of the molecule is CCCCn1nc(C)c(/C=C/C(=O)NCc2cn3cccc(C)c3n2)c1Cl. The van der Waals surface area contributed by atoms with Crippen molar-refractivity contribution in [3.8, 4) is 0 Å². The zero-order chi connectivity index (χ0) is 19.4. The van der Waals surface area contributed by atoms with Crippen molar-refractivity contribution in [1.82, 2.24) is 24.5 Å². The number of imidazole rings is 1. The molecule has 3 aromatic heterocycles. The van der Waals surface area contributed by atoms with Crippen LogP contribution in [0.5, 0.6) is 0 Å². The lowest BCUT2D eigenvalue weighted by molar-refractivity contribution is -0.116. The van der Waals surface area contributed by atoms with E-state index in [1.54, 1.807) is 10.8 Å². The van der Waals surface area contributed by atoms with E-state index >= 15 is 0 Å². The molecule has 1 amide bonds. The number of unbranched alkanes of at least 4 members (excludes halogenated alkanes) is 1. The number of aromatic nitrogens is 4. The molecule has 7 heteroatoms. The minimum atomic E-state index is -0.194. The summed E-state index contributed by atoms with van der Waals surface area (Å²) >= 11 is 6.39. The minimum absolute atomic E-state index is 0.194. The van der Waals surface area contributed by atoms with Crippen LogP contribution in [0.3, 0.4) is 0 Å². The van der Waals surface area contributed by atoms with Crippen LogP contribution in [-0.4, -0.2) is 25.1 Å². The van der Waals surface area contributed by atoms with Crippen molar-refractivity contribution in [1.29, 1.82) is 0 Å². The molecule has 0 aliphatic heterocycles. The maximum absolute atomic E-state index is 12.2. The highest BCUT2D eigenvalue weighted by molar-refractivity contribution is 6.31. The molecule has 142 valence electrons. The number of hydrogen-bond donors (Lipinski definition) is 1. The first-order valence-electron chi connectivity index (χ1n) is 9.11. The van der Waals surface area contributed by atoms with Gasteiger partial charge in [0.05, 0.1) is 17.9 Å². The van der Waals surface area contributed by atoms with Crippen molar-refractivity contribution in [2.75, 3.05) is 0 Å². The molecule has 1 N–H and O–H groups in total. The van der Waals surface area contributed by atoms with Crippen LogP contribution in [0.2, 0.25) is 5.15 Å². The van der Waals surface area contributed by atoms with Gasteiger partial charge in [-0.15, -0.1) is 0 Å². The monoisotopic (exact) mass is 385 g/mol. The smallest absolute Gasteiger partial charge is 0.244 e. The number of amides is 1. The molecule has 0 radical (unpaired) electrons. The highest BCUT2D eigenvalue weighted by atomic mass is 35.5. The Balaban J connectivity index is 1.63. The minimum Gasteiger partial charge on any atom is -0.347 e. The van der Waals surface area contributed by atoms with Crippen LogP contribution in [0.15, 0.2) is 30.6 Å². The van der Waals surface area contributed by atoms with E-state index in [0.717, 1.165) is 47.5 Å². The number of carbonyl (C=O) groups is 1. The number of nitrogens with one attached hydrogen (secondary N) is 1. The van der Waals surface area contributed by atoms with E-state index in [1.807, 2.05) is 42.8 Å². The Kier molecular flexibility index (Phi) is 5.96. The first kappa shape index (κ1) is 19.2. The highest BCUT2D eigenvalue weighted by Gasteiger charge is 2.11. The predicted octanol–water partition coefficient (Wildman–Crippen LogP) is 3.93. The summed E-state index contributed by atoms with van der Waals surface area (Å²) in [5.74, 6) is -0.194. The molecule has 0 aliphatic carbocycles. The van der Waals surface area contributed by atoms with Crippen LogP contribution in [0.4, 0.5) is 0 Å². The fourth-order valence-electron chi connectivity index (χ4n) is 2.90. The number of carbonyl (C=O) groups excluding carboxylic acids is 1. The Bertz CT molecular complexity index is 986. The molecule has 3 heterocycles. The van der Waals surface area contributed by atoms with Crippen molar-refractivity contribution >= 4 is 29.2 Å². The number of pyridine rings is 1. The lowest BCUT2D eigenvalue weighted by Crippen LogP contribution is -2.20. The molecule has 27 heavy (non-hydrogen) atoms. The quantitative estimate of drug-likeness (QED) is 0.626. The van der Waals surface area contributed by atoms with Gasteiger partial charge in [-0.05, 0) is 38.0 Å². The fourth-order valence-corrected chi connectivity index (χ4v) is 3.22. The standard InChI is InChI=1S/C20H24ClN5O/c1-4-5-11-26-19(21)17(15(3)24-26)8-9-18(27)22-12-16-13-25-10-6-7-14(2)20(25)23-16/h6-10,13H,4-5,11-12H2,1-3H3,(H,22,27)/b9-8+. The van der Waals surface area contributed by atoms with Gasteiger partial charge in [-0.3, -0.25) is 9.48 Å². The number of hydrogen-bond acceptors (Lipinski definition) is 3. The molecule has 0 aliphatic rings. The van der Waals surface area contributed by atoms with Crippen molar-refractivity contribution < 1.29 is 4.79 Å². The molecular weight excluding hydrogens is 362 g/mol. The van der Waals surface area contributed by atoms with E-state index in [-0.39, 0.29) is 5.91 Å². The molecule has 0 aromatic carbocycles. The van der Waals surface area contributed by atoms with Crippen LogP contribution < -0.4 is 5.32 Å². The predicted molar refractivity (Wildman–Crippen MR) is 108 cm³/mol. The third-order valence-electron chi connectivity index (χ3n) is 4.41. The Hall–Kier alpha value is -2.60. The largest absolute Gasteiger partial charge is 0.347 e. The second-order valence-corrected chi connectivity index (χ2v) is 6.93. The van der Waals surface area contributed by atoms with Crippen LogP contribution in [-0.2, 0) is 17.9 Å². The third-order valence-corrected chi connectivity index (χ3v) is 4.80. The maximum Gasteiger partial charge on any atom is 0.244 e. The van der Waals surface area contributed by atoms with Gasteiger partial charge in [-0.25, -0.2) is 4.98 Å². The zero-order valence-electron chi connectivity index (χ0n) is 15.9. The number of rotatable bonds is 7. The maximum atomic E-state index is 12.2. The first-order valence-corrected chi connectivity index (χ1v) is 9.49. The molecule has 6 nitrogen and oxygen atoms in total. The van der Waals surface area contributed by atoms with E-state index < -0.39 is 0 Å². The van der Waals surface area contributed by atoms with Crippen LogP contribution >= 0.6 is 11.6 Å². The molecule has 0 saturated carbocycles. The van der Waals surface area contributed by atoms with E-state index in [1.165, 1.54) is 6.08 Å².